The Morgan fingerprint density at radius 2 is 2.00 bits per heavy atom. The molecule has 3 nitrogen and oxygen atoms in total. The molecule has 0 saturated heterocycles. The largest absolute Gasteiger partial charge is 0.346 e. The normalized spacial score (nSPS) is 12.3. The van der Waals surface area contributed by atoms with Crippen molar-refractivity contribution < 1.29 is 4.79 Å². The van der Waals surface area contributed by atoms with E-state index in [4.69, 9.17) is 0 Å². The summed E-state index contributed by atoms with van der Waals surface area (Å²) >= 11 is 0. The average Bonchev–Trinajstić information content (AvgIpc) is 2.46. The van der Waals surface area contributed by atoms with Crippen molar-refractivity contribution in [2.75, 3.05) is 0 Å². The van der Waals surface area contributed by atoms with Crippen molar-refractivity contribution in [3.8, 4) is 0 Å². The molecule has 1 aromatic carbocycles. The molecule has 0 fully saturated rings. The number of nitrogens with one attached hydrogen (secondary N) is 1. The molecule has 1 unspecified atom stereocenters. The molecule has 1 N–H and O–H groups in total. The summed E-state index contributed by atoms with van der Waals surface area (Å²) in [6, 6.07) is 11.8. The molecule has 0 radical (unpaired) electrons. The first-order valence-electron chi connectivity index (χ1n) is 6.60. The number of benzene rings is 1. The van der Waals surface area contributed by atoms with E-state index in [1.807, 2.05) is 56.3 Å². The fourth-order valence-electron chi connectivity index (χ4n) is 1.94. The number of rotatable bonds is 4. The van der Waals surface area contributed by atoms with Crippen LogP contribution in [0.2, 0.25) is 0 Å². The van der Waals surface area contributed by atoms with Crippen molar-refractivity contribution in [1.82, 2.24) is 10.3 Å². The van der Waals surface area contributed by atoms with Crippen LogP contribution in [-0.4, -0.2) is 10.9 Å². The minimum Gasteiger partial charge on any atom is -0.346 e. The van der Waals surface area contributed by atoms with Crippen molar-refractivity contribution in [3.05, 3.63) is 71.6 Å². The smallest absolute Gasteiger partial charge is 0.244 e. The van der Waals surface area contributed by atoms with Gasteiger partial charge in [-0.05, 0) is 43.2 Å². The summed E-state index contributed by atoms with van der Waals surface area (Å²) in [6.07, 6.45) is 6.83. The SMILES string of the molecule is Cc1cccc(/C=C/C(=O)NC(C)c2ccncc2)c1. The highest BCUT2D eigenvalue weighted by Gasteiger charge is 2.06. The number of carbonyl (C=O) groups excluding carboxylic acids is 1. The van der Waals surface area contributed by atoms with Gasteiger partial charge >= 0.3 is 0 Å². The summed E-state index contributed by atoms with van der Waals surface area (Å²) < 4.78 is 0. The first-order valence-corrected chi connectivity index (χ1v) is 6.60. The van der Waals surface area contributed by atoms with Crippen molar-refractivity contribution in [2.45, 2.75) is 19.9 Å². The standard InChI is InChI=1S/C17H18N2O/c1-13-4-3-5-15(12-13)6-7-17(20)19-14(2)16-8-10-18-11-9-16/h3-12,14H,1-2H3,(H,19,20)/b7-6+. The molecule has 1 atom stereocenters. The van der Waals surface area contributed by atoms with Gasteiger partial charge in [0.2, 0.25) is 5.91 Å². The van der Waals surface area contributed by atoms with E-state index < -0.39 is 0 Å². The third kappa shape index (κ3) is 4.05. The van der Waals surface area contributed by atoms with E-state index in [2.05, 4.69) is 10.3 Å². The predicted molar refractivity (Wildman–Crippen MR) is 81.0 cm³/mol. The Hall–Kier alpha value is -2.42. The predicted octanol–water partition coefficient (Wildman–Crippen LogP) is 3.28. The minimum atomic E-state index is -0.101. The van der Waals surface area contributed by atoms with Crippen molar-refractivity contribution in [2.24, 2.45) is 0 Å². The van der Waals surface area contributed by atoms with Gasteiger partial charge in [0, 0.05) is 18.5 Å². The van der Waals surface area contributed by atoms with E-state index in [1.165, 1.54) is 5.56 Å². The maximum absolute atomic E-state index is 11.9. The van der Waals surface area contributed by atoms with Gasteiger partial charge in [0.15, 0.2) is 0 Å². The number of hydrogen-bond acceptors (Lipinski definition) is 2. The summed E-state index contributed by atoms with van der Waals surface area (Å²) in [5.74, 6) is -0.101. The van der Waals surface area contributed by atoms with Gasteiger partial charge in [-0.3, -0.25) is 9.78 Å². The van der Waals surface area contributed by atoms with Crippen molar-refractivity contribution in [3.63, 3.8) is 0 Å². The van der Waals surface area contributed by atoms with Gasteiger partial charge in [-0.15, -0.1) is 0 Å². The molecule has 0 aliphatic rings. The summed E-state index contributed by atoms with van der Waals surface area (Å²) in [5, 5.41) is 2.93. The summed E-state index contributed by atoms with van der Waals surface area (Å²) in [7, 11) is 0. The summed E-state index contributed by atoms with van der Waals surface area (Å²) in [6.45, 7) is 3.98. The second-order valence-corrected chi connectivity index (χ2v) is 4.76. The Kier molecular flexibility index (Phi) is 4.66. The van der Waals surface area contributed by atoms with E-state index in [-0.39, 0.29) is 11.9 Å². The molecule has 2 rings (SSSR count). The first-order chi connectivity index (χ1) is 9.65. The van der Waals surface area contributed by atoms with Gasteiger partial charge < -0.3 is 5.32 Å². The van der Waals surface area contributed by atoms with Crippen LogP contribution in [0.15, 0.2) is 54.9 Å². The fraction of sp³-hybridized carbons (Fsp3) is 0.176. The van der Waals surface area contributed by atoms with Crippen LogP contribution in [0.5, 0.6) is 0 Å². The van der Waals surface area contributed by atoms with E-state index in [0.717, 1.165) is 11.1 Å². The zero-order valence-electron chi connectivity index (χ0n) is 11.7. The number of hydrogen-bond donors (Lipinski definition) is 1. The summed E-state index contributed by atoms with van der Waals surface area (Å²) in [4.78, 5) is 15.8. The monoisotopic (exact) mass is 266 g/mol. The number of aromatic nitrogens is 1. The zero-order valence-corrected chi connectivity index (χ0v) is 11.7. The molecule has 0 saturated carbocycles. The Morgan fingerprint density at radius 3 is 2.70 bits per heavy atom. The van der Waals surface area contributed by atoms with Crippen molar-refractivity contribution >= 4 is 12.0 Å². The molecule has 1 aromatic heterocycles. The second kappa shape index (κ2) is 6.66. The lowest BCUT2D eigenvalue weighted by atomic mass is 10.1. The van der Waals surface area contributed by atoms with Crippen LogP contribution in [0.25, 0.3) is 6.08 Å². The molecule has 0 bridgehead atoms. The molecule has 1 heterocycles. The third-order valence-corrected chi connectivity index (χ3v) is 3.03. The zero-order chi connectivity index (χ0) is 14.4. The summed E-state index contributed by atoms with van der Waals surface area (Å²) in [5.41, 5.74) is 3.24. The highest BCUT2D eigenvalue weighted by Crippen LogP contribution is 2.10. The van der Waals surface area contributed by atoms with E-state index in [0.29, 0.717) is 0 Å². The van der Waals surface area contributed by atoms with E-state index in [1.54, 1.807) is 18.5 Å². The number of nitrogens with zero attached hydrogens (tertiary/aromatic N) is 1. The number of pyridine rings is 1. The number of carbonyl (C=O) groups is 1. The number of amides is 1. The van der Waals surface area contributed by atoms with Crippen LogP contribution in [-0.2, 0) is 4.79 Å². The minimum absolute atomic E-state index is 0.0346. The molecule has 2 aromatic rings. The van der Waals surface area contributed by atoms with Crippen LogP contribution >= 0.6 is 0 Å². The molecule has 0 aliphatic carbocycles. The van der Waals surface area contributed by atoms with Crippen LogP contribution in [0.4, 0.5) is 0 Å². The molecule has 102 valence electrons. The second-order valence-electron chi connectivity index (χ2n) is 4.76. The molecule has 0 spiro atoms. The topological polar surface area (TPSA) is 42.0 Å². The maximum atomic E-state index is 11.9. The van der Waals surface area contributed by atoms with Crippen LogP contribution < -0.4 is 5.32 Å². The van der Waals surface area contributed by atoms with Gasteiger partial charge in [0.05, 0.1) is 6.04 Å². The lowest BCUT2D eigenvalue weighted by Gasteiger charge is -2.12. The van der Waals surface area contributed by atoms with Crippen LogP contribution in [0, 0.1) is 6.92 Å². The Balaban J connectivity index is 1.96. The van der Waals surface area contributed by atoms with Gasteiger partial charge in [-0.25, -0.2) is 0 Å². The maximum Gasteiger partial charge on any atom is 0.244 e. The van der Waals surface area contributed by atoms with Gasteiger partial charge in [-0.1, -0.05) is 29.8 Å². The molecule has 1 amide bonds. The van der Waals surface area contributed by atoms with Gasteiger partial charge in [0.1, 0.15) is 0 Å². The lowest BCUT2D eigenvalue weighted by Crippen LogP contribution is -2.24. The van der Waals surface area contributed by atoms with Gasteiger partial charge in [0.25, 0.3) is 0 Å². The Bertz CT molecular complexity index is 605. The number of aryl methyl sites for hydroxylation is 1. The Morgan fingerprint density at radius 1 is 1.25 bits per heavy atom. The quantitative estimate of drug-likeness (QED) is 0.863. The highest BCUT2D eigenvalue weighted by atomic mass is 16.1. The first kappa shape index (κ1) is 14.0. The molecular formula is C17H18N2O. The van der Waals surface area contributed by atoms with E-state index in [9.17, 15) is 4.79 Å². The molecule has 20 heavy (non-hydrogen) atoms. The Labute approximate surface area is 119 Å². The lowest BCUT2D eigenvalue weighted by molar-refractivity contribution is -0.117. The highest BCUT2D eigenvalue weighted by molar-refractivity contribution is 5.91. The fourth-order valence-corrected chi connectivity index (χ4v) is 1.94. The third-order valence-electron chi connectivity index (χ3n) is 3.03. The molecule has 0 aliphatic heterocycles. The van der Waals surface area contributed by atoms with Crippen LogP contribution in [0.1, 0.15) is 29.7 Å². The van der Waals surface area contributed by atoms with E-state index >= 15 is 0 Å². The molecule has 3 heteroatoms. The van der Waals surface area contributed by atoms with Crippen LogP contribution in [0.3, 0.4) is 0 Å². The molecular weight excluding hydrogens is 248 g/mol. The van der Waals surface area contributed by atoms with Crippen molar-refractivity contribution in [1.29, 1.82) is 0 Å². The van der Waals surface area contributed by atoms with Gasteiger partial charge in [-0.2, -0.15) is 0 Å². The average molecular weight is 266 g/mol.